The fourth-order valence-corrected chi connectivity index (χ4v) is 3.92. The minimum absolute atomic E-state index is 0.218. The van der Waals surface area contributed by atoms with Crippen molar-refractivity contribution in [2.75, 3.05) is 11.4 Å². The van der Waals surface area contributed by atoms with Gasteiger partial charge in [0, 0.05) is 24.6 Å². The van der Waals surface area contributed by atoms with Crippen LogP contribution in [-0.2, 0) is 4.79 Å². The van der Waals surface area contributed by atoms with Crippen LogP contribution in [-0.4, -0.2) is 33.1 Å². The lowest BCUT2D eigenvalue weighted by molar-refractivity contribution is -0.119. The van der Waals surface area contributed by atoms with Gasteiger partial charge in [-0.3, -0.25) is 4.79 Å². The highest BCUT2D eigenvalue weighted by Gasteiger charge is 2.29. The van der Waals surface area contributed by atoms with Crippen LogP contribution in [0.4, 0.5) is 5.69 Å². The molecular weight excluding hydrogens is 314 g/mol. The van der Waals surface area contributed by atoms with Crippen molar-refractivity contribution in [3.63, 3.8) is 0 Å². The second kappa shape index (κ2) is 7.76. The summed E-state index contributed by atoms with van der Waals surface area (Å²) in [6.07, 6.45) is 4.86. The molecule has 1 N–H and O–H groups in total. The van der Waals surface area contributed by atoms with E-state index in [1.54, 1.807) is 0 Å². The zero-order valence-corrected chi connectivity index (χ0v) is 15.3. The molecule has 25 heavy (non-hydrogen) atoms. The summed E-state index contributed by atoms with van der Waals surface area (Å²) in [6.45, 7) is 6.92. The van der Waals surface area contributed by atoms with E-state index in [2.05, 4.69) is 40.5 Å². The van der Waals surface area contributed by atoms with E-state index in [1.807, 2.05) is 24.0 Å². The highest BCUT2D eigenvalue weighted by atomic mass is 16.2. The Morgan fingerprint density at radius 1 is 1.32 bits per heavy atom. The molecule has 0 spiro atoms. The van der Waals surface area contributed by atoms with Crippen molar-refractivity contribution in [1.29, 1.82) is 0 Å². The Bertz CT molecular complexity index is 713. The van der Waals surface area contributed by atoms with Crippen LogP contribution in [0.2, 0.25) is 0 Å². The Hall–Kier alpha value is -2.24. The molecule has 1 aliphatic rings. The molecule has 1 amide bonds. The van der Waals surface area contributed by atoms with Crippen LogP contribution in [0.1, 0.15) is 61.9 Å². The van der Waals surface area contributed by atoms with Crippen molar-refractivity contribution in [2.24, 2.45) is 5.92 Å². The van der Waals surface area contributed by atoms with Crippen molar-refractivity contribution in [1.82, 2.24) is 20.6 Å². The summed E-state index contributed by atoms with van der Waals surface area (Å²) in [4.78, 5) is 14.9. The van der Waals surface area contributed by atoms with Gasteiger partial charge in [0.15, 0.2) is 5.82 Å². The fourth-order valence-electron chi connectivity index (χ4n) is 3.92. The Morgan fingerprint density at radius 3 is 2.88 bits per heavy atom. The monoisotopic (exact) mass is 341 g/mol. The van der Waals surface area contributed by atoms with E-state index in [9.17, 15) is 4.79 Å². The van der Waals surface area contributed by atoms with Crippen molar-refractivity contribution in [2.45, 2.75) is 58.8 Å². The van der Waals surface area contributed by atoms with E-state index in [1.165, 1.54) is 11.1 Å². The van der Waals surface area contributed by atoms with Crippen molar-refractivity contribution in [3.8, 4) is 0 Å². The third kappa shape index (κ3) is 3.89. The number of aryl methyl sites for hydroxylation is 1. The van der Waals surface area contributed by atoms with E-state index in [0.29, 0.717) is 24.8 Å². The Morgan fingerprint density at radius 2 is 2.16 bits per heavy atom. The SMILES string of the molecule is CCN(C(=O)CC1CCCC(c2nn[nH]n2)C1)c1cccc(C)c1C. The second-order valence-corrected chi connectivity index (χ2v) is 7.06. The van der Waals surface area contributed by atoms with Gasteiger partial charge < -0.3 is 4.90 Å². The number of tetrazole rings is 1. The van der Waals surface area contributed by atoms with Crippen LogP contribution in [0.25, 0.3) is 0 Å². The lowest BCUT2D eigenvalue weighted by Gasteiger charge is -2.30. The lowest BCUT2D eigenvalue weighted by Crippen LogP contribution is -2.33. The van der Waals surface area contributed by atoms with Crippen molar-refractivity contribution >= 4 is 11.6 Å². The smallest absolute Gasteiger partial charge is 0.227 e. The van der Waals surface area contributed by atoms with Crippen LogP contribution in [0.5, 0.6) is 0 Å². The van der Waals surface area contributed by atoms with Gasteiger partial charge in [0.05, 0.1) is 0 Å². The van der Waals surface area contributed by atoms with Gasteiger partial charge in [0.1, 0.15) is 0 Å². The fraction of sp³-hybridized carbons (Fsp3) is 0.579. The number of carbonyl (C=O) groups excluding carboxylic acids is 1. The number of anilines is 1. The molecule has 6 heteroatoms. The highest BCUT2D eigenvalue weighted by Crippen LogP contribution is 2.36. The van der Waals surface area contributed by atoms with Gasteiger partial charge in [-0.05, 0) is 63.1 Å². The number of nitrogens with zero attached hydrogens (tertiary/aromatic N) is 4. The first-order valence-corrected chi connectivity index (χ1v) is 9.20. The van der Waals surface area contributed by atoms with Gasteiger partial charge in [-0.15, -0.1) is 10.2 Å². The topological polar surface area (TPSA) is 74.8 Å². The van der Waals surface area contributed by atoms with Gasteiger partial charge in [-0.25, -0.2) is 0 Å². The Balaban J connectivity index is 1.68. The molecule has 3 rings (SSSR count). The van der Waals surface area contributed by atoms with E-state index >= 15 is 0 Å². The van der Waals surface area contributed by atoms with Gasteiger partial charge in [0.2, 0.25) is 5.91 Å². The molecule has 0 saturated heterocycles. The van der Waals surface area contributed by atoms with Crippen LogP contribution < -0.4 is 4.90 Å². The molecule has 2 atom stereocenters. The molecule has 1 aromatic heterocycles. The largest absolute Gasteiger partial charge is 0.312 e. The predicted octanol–water partition coefficient (Wildman–Crippen LogP) is 3.53. The quantitative estimate of drug-likeness (QED) is 0.902. The average molecular weight is 341 g/mol. The average Bonchev–Trinajstić information content (AvgIpc) is 3.14. The van der Waals surface area contributed by atoms with Gasteiger partial charge in [0.25, 0.3) is 0 Å². The van der Waals surface area contributed by atoms with Gasteiger partial charge in [-0.1, -0.05) is 23.8 Å². The van der Waals surface area contributed by atoms with E-state index in [-0.39, 0.29) is 5.91 Å². The number of hydrogen-bond acceptors (Lipinski definition) is 4. The number of aromatic nitrogens is 4. The number of nitrogens with one attached hydrogen (secondary N) is 1. The Kier molecular flexibility index (Phi) is 5.46. The second-order valence-electron chi connectivity index (χ2n) is 7.06. The van der Waals surface area contributed by atoms with Crippen LogP contribution in [0.15, 0.2) is 18.2 Å². The molecule has 1 fully saturated rings. The number of hydrogen-bond donors (Lipinski definition) is 1. The zero-order valence-electron chi connectivity index (χ0n) is 15.3. The third-order valence-corrected chi connectivity index (χ3v) is 5.46. The molecule has 0 aliphatic heterocycles. The number of carbonyl (C=O) groups is 1. The molecule has 1 aliphatic carbocycles. The molecule has 2 aromatic rings. The molecule has 2 unspecified atom stereocenters. The third-order valence-electron chi connectivity index (χ3n) is 5.46. The summed E-state index contributed by atoms with van der Waals surface area (Å²) in [5, 5.41) is 14.5. The van der Waals surface area contributed by atoms with Crippen molar-refractivity contribution in [3.05, 3.63) is 35.2 Å². The van der Waals surface area contributed by atoms with E-state index in [0.717, 1.165) is 37.2 Å². The first-order valence-electron chi connectivity index (χ1n) is 9.20. The normalized spacial score (nSPS) is 20.4. The number of rotatable bonds is 5. The van der Waals surface area contributed by atoms with Crippen LogP contribution in [0.3, 0.4) is 0 Å². The number of amides is 1. The molecule has 6 nitrogen and oxygen atoms in total. The Labute approximate surface area is 149 Å². The van der Waals surface area contributed by atoms with Crippen LogP contribution >= 0.6 is 0 Å². The molecule has 1 heterocycles. The number of benzene rings is 1. The highest BCUT2D eigenvalue weighted by molar-refractivity contribution is 5.94. The van der Waals surface area contributed by atoms with E-state index in [4.69, 9.17) is 0 Å². The minimum atomic E-state index is 0.218. The maximum Gasteiger partial charge on any atom is 0.227 e. The summed E-state index contributed by atoms with van der Waals surface area (Å²) in [7, 11) is 0. The molecule has 0 bridgehead atoms. The first-order chi connectivity index (χ1) is 12.1. The summed E-state index contributed by atoms with van der Waals surface area (Å²) in [6, 6.07) is 6.17. The molecule has 0 radical (unpaired) electrons. The summed E-state index contributed by atoms with van der Waals surface area (Å²) >= 11 is 0. The molecule has 1 aromatic carbocycles. The molecule has 1 saturated carbocycles. The summed E-state index contributed by atoms with van der Waals surface area (Å²) < 4.78 is 0. The van der Waals surface area contributed by atoms with E-state index < -0.39 is 0 Å². The van der Waals surface area contributed by atoms with Gasteiger partial charge in [-0.2, -0.15) is 5.21 Å². The standard InChI is InChI=1S/C19H27N5O/c1-4-24(17-10-5-7-13(2)14(17)3)18(25)12-15-8-6-9-16(11-15)19-20-22-23-21-19/h5,7,10,15-16H,4,6,8-9,11-12H2,1-3H3,(H,20,21,22,23). The maximum atomic E-state index is 13.0. The number of H-pyrrole nitrogens is 1. The number of aromatic amines is 1. The van der Waals surface area contributed by atoms with Crippen LogP contribution in [0, 0.1) is 19.8 Å². The van der Waals surface area contributed by atoms with Gasteiger partial charge >= 0.3 is 0 Å². The van der Waals surface area contributed by atoms with Crippen molar-refractivity contribution < 1.29 is 4.79 Å². The predicted molar refractivity (Wildman–Crippen MR) is 97.4 cm³/mol. The lowest BCUT2D eigenvalue weighted by atomic mass is 9.79. The minimum Gasteiger partial charge on any atom is -0.312 e. The maximum absolute atomic E-state index is 13.0. The molecular formula is C19H27N5O. The summed E-state index contributed by atoms with van der Waals surface area (Å²) in [5.41, 5.74) is 3.45. The molecule has 134 valence electrons. The first kappa shape index (κ1) is 17.6. The summed E-state index contributed by atoms with van der Waals surface area (Å²) in [5.74, 6) is 1.72. The zero-order chi connectivity index (χ0) is 17.8.